The van der Waals surface area contributed by atoms with E-state index < -0.39 is 29.6 Å². The molecule has 1 atom stereocenters. The molecule has 0 saturated heterocycles. The summed E-state index contributed by atoms with van der Waals surface area (Å²) in [5, 5.41) is 8.78. The average molecular weight is 371 g/mol. The van der Waals surface area contributed by atoms with Crippen LogP contribution in [0.1, 0.15) is 19.4 Å². The molecule has 0 spiro atoms. The average Bonchev–Trinajstić information content (AvgIpc) is 2.43. The Morgan fingerprint density at radius 1 is 1.33 bits per heavy atom. The molecular formula is C13H11BrF4O3. The Labute approximate surface area is 126 Å². The number of aliphatic carboxylic acids is 1. The number of ether oxygens (including phenoxy) is 1. The Kier molecular flexibility index (Phi) is 5.38. The topological polar surface area (TPSA) is 46.5 Å². The van der Waals surface area contributed by atoms with E-state index in [0.29, 0.717) is 6.08 Å². The van der Waals surface area contributed by atoms with Gasteiger partial charge in [0.1, 0.15) is 11.6 Å². The van der Waals surface area contributed by atoms with Gasteiger partial charge in [-0.15, -0.1) is 0 Å². The molecule has 3 nitrogen and oxygen atoms in total. The van der Waals surface area contributed by atoms with Crippen LogP contribution < -0.4 is 4.74 Å². The minimum absolute atomic E-state index is 0.110. The summed E-state index contributed by atoms with van der Waals surface area (Å²) in [5.41, 5.74) is -1.38. The zero-order valence-corrected chi connectivity index (χ0v) is 12.5. The van der Waals surface area contributed by atoms with Crippen LogP contribution in [0.4, 0.5) is 17.6 Å². The number of rotatable bonds is 1. The molecule has 1 unspecified atom stereocenters. The molecule has 8 heteroatoms. The van der Waals surface area contributed by atoms with Crippen molar-refractivity contribution in [3.63, 3.8) is 0 Å². The Hall–Kier alpha value is -1.57. The molecule has 21 heavy (non-hydrogen) atoms. The molecule has 1 N–H and O–H groups in total. The van der Waals surface area contributed by atoms with E-state index in [9.17, 15) is 22.4 Å². The third kappa shape index (κ3) is 3.55. The molecule has 0 saturated carbocycles. The first-order chi connectivity index (χ1) is 9.71. The number of hydrogen-bond donors (Lipinski definition) is 1. The van der Waals surface area contributed by atoms with E-state index in [1.54, 1.807) is 0 Å². The van der Waals surface area contributed by atoms with E-state index in [0.717, 1.165) is 6.07 Å². The molecule has 1 aromatic rings. The maximum atomic E-state index is 13.5. The first-order valence-corrected chi connectivity index (χ1v) is 6.67. The fraction of sp³-hybridized carbons (Fsp3) is 0.308. The monoisotopic (exact) mass is 370 g/mol. The Balaban J connectivity index is 0.00000106. The van der Waals surface area contributed by atoms with Crippen molar-refractivity contribution in [1.82, 2.24) is 0 Å². The van der Waals surface area contributed by atoms with Gasteiger partial charge in [0.15, 0.2) is 0 Å². The number of fused-ring (bicyclic) bond motifs is 1. The molecule has 116 valence electrons. The second-order valence-electron chi connectivity index (χ2n) is 3.72. The van der Waals surface area contributed by atoms with Gasteiger partial charge in [-0.2, -0.15) is 13.2 Å². The number of benzene rings is 1. The van der Waals surface area contributed by atoms with Crippen LogP contribution in [-0.4, -0.2) is 23.4 Å². The Bertz CT molecular complexity index is 582. The van der Waals surface area contributed by atoms with Gasteiger partial charge in [0.2, 0.25) is 6.10 Å². The van der Waals surface area contributed by atoms with Crippen molar-refractivity contribution in [2.24, 2.45) is 0 Å². The number of carboxylic acid groups (broad SMARTS) is 1. The Morgan fingerprint density at radius 3 is 2.38 bits per heavy atom. The van der Waals surface area contributed by atoms with Gasteiger partial charge in [-0.1, -0.05) is 13.8 Å². The van der Waals surface area contributed by atoms with Gasteiger partial charge in [0.25, 0.3) is 0 Å². The highest BCUT2D eigenvalue weighted by atomic mass is 79.9. The smallest absolute Gasteiger partial charge is 0.430 e. The second kappa shape index (κ2) is 6.46. The highest BCUT2D eigenvalue weighted by Gasteiger charge is 2.49. The molecule has 0 amide bonds. The van der Waals surface area contributed by atoms with Crippen LogP contribution in [0.15, 0.2) is 22.2 Å². The van der Waals surface area contributed by atoms with Crippen molar-refractivity contribution in [1.29, 1.82) is 0 Å². The summed E-state index contributed by atoms with van der Waals surface area (Å²) in [7, 11) is 0. The van der Waals surface area contributed by atoms with Gasteiger partial charge in [-0.25, -0.2) is 9.18 Å². The van der Waals surface area contributed by atoms with Gasteiger partial charge >= 0.3 is 12.1 Å². The lowest BCUT2D eigenvalue weighted by molar-refractivity contribution is -0.187. The minimum Gasteiger partial charge on any atom is -0.478 e. The molecule has 1 aromatic carbocycles. The van der Waals surface area contributed by atoms with Crippen LogP contribution in [0.3, 0.4) is 0 Å². The highest BCUT2D eigenvalue weighted by Crippen LogP contribution is 2.41. The first kappa shape index (κ1) is 17.5. The van der Waals surface area contributed by atoms with E-state index >= 15 is 0 Å². The van der Waals surface area contributed by atoms with E-state index in [-0.39, 0.29) is 15.8 Å². The van der Waals surface area contributed by atoms with E-state index in [4.69, 9.17) is 5.11 Å². The summed E-state index contributed by atoms with van der Waals surface area (Å²) in [6.07, 6.45) is -6.90. The predicted molar refractivity (Wildman–Crippen MR) is 71.5 cm³/mol. The largest absolute Gasteiger partial charge is 0.478 e. The number of carboxylic acids is 1. The molecular weight excluding hydrogens is 360 g/mol. The SMILES string of the molecule is CC.O=C(O)C1=Cc2c(F)ccc(Br)c2OC1C(F)(F)F. The molecule has 0 fully saturated rings. The van der Waals surface area contributed by atoms with Crippen molar-refractivity contribution >= 4 is 28.0 Å². The zero-order chi connectivity index (χ0) is 16.4. The summed E-state index contributed by atoms with van der Waals surface area (Å²) >= 11 is 2.93. The van der Waals surface area contributed by atoms with Crippen LogP contribution in [-0.2, 0) is 4.79 Å². The lowest BCUT2D eigenvalue weighted by atomic mass is 10.0. The van der Waals surface area contributed by atoms with Crippen LogP contribution in [0.25, 0.3) is 6.08 Å². The predicted octanol–water partition coefficient (Wildman–Crippen LogP) is 4.41. The van der Waals surface area contributed by atoms with Gasteiger partial charge in [0, 0.05) is 0 Å². The van der Waals surface area contributed by atoms with E-state index in [1.165, 1.54) is 6.07 Å². The molecule has 0 aromatic heterocycles. The summed E-state index contributed by atoms with van der Waals surface area (Å²) in [6.45, 7) is 4.00. The molecule has 0 aliphatic carbocycles. The van der Waals surface area contributed by atoms with Crippen LogP contribution in [0.5, 0.6) is 5.75 Å². The molecule has 0 bridgehead atoms. The fourth-order valence-electron chi connectivity index (χ4n) is 1.63. The fourth-order valence-corrected chi connectivity index (χ4v) is 2.07. The summed E-state index contributed by atoms with van der Waals surface area (Å²) < 4.78 is 56.4. The normalized spacial score (nSPS) is 16.9. The number of carbonyl (C=O) groups is 1. The van der Waals surface area contributed by atoms with Gasteiger partial charge < -0.3 is 9.84 Å². The first-order valence-electron chi connectivity index (χ1n) is 5.88. The molecule has 1 aliphatic heterocycles. The third-order valence-corrected chi connectivity index (χ3v) is 3.08. The Morgan fingerprint density at radius 2 is 1.90 bits per heavy atom. The molecule has 1 aliphatic rings. The maximum absolute atomic E-state index is 13.5. The highest BCUT2D eigenvalue weighted by molar-refractivity contribution is 9.10. The van der Waals surface area contributed by atoms with Crippen LogP contribution in [0.2, 0.25) is 0 Å². The lowest BCUT2D eigenvalue weighted by Crippen LogP contribution is -2.40. The molecule has 2 rings (SSSR count). The second-order valence-corrected chi connectivity index (χ2v) is 4.57. The van der Waals surface area contributed by atoms with Crippen molar-refractivity contribution < 1.29 is 32.2 Å². The summed E-state index contributed by atoms with van der Waals surface area (Å²) in [4.78, 5) is 10.8. The summed E-state index contributed by atoms with van der Waals surface area (Å²) in [6, 6.07) is 2.18. The van der Waals surface area contributed by atoms with E-state index in [1.807, 2.05) is 13.8 Å². The molecule has 0 radical (unpaired) electrons. The van der Waals surface area contributed by atoms with Crippen molar-refractivity contribution in [2.75, 3.05) is 0 Å². The number of halogens is 5. The zero-order valence-electron chi connectivity index (χ0n) is 11.0. The minimum atomic E-state index is -4.91. The van der Waals surface area contributed by atoms with Crippen molar-refractivity contribution in [2.45, 2.75) is 26.1 Å². The lowest BCUT2D eigenvalue weighted by Gasteiger charge is -2.27. The van der Waals surface area contributed by atoms with Crippen LogP contribution in [0, 0.1) is 5.82 Å². The third-order valence-electron chi connectivity index (χ3n) is 2.46. The summed E-state index contributed by atoms with van der Waals surface area (Å²) in [5.74, 6) is -3.04. The van der Waals surface area contributed by atoms with Crippen LogP contribution >= 0.6 is 15.9 Å². The number of hydrogen-bond acceptors (Lipinski definition) is 2. The maximum Gasteiger partial charge on any atom is 0.430 e. The van der Waals surface area contributed by atoms with Gasteiger partial charge in [-0.3, -0.25) is 0 Å². The van der Waals surface area contributed by atoms with Crippen molar-refractivity contribution in [3.05, 3.63) is 33.6 Å². The number of alkyl halides is 3. The van der Waals surface area contributed by atoms with Gasteiger partial charge in [-0.05, 0) is 34.1 Å². The van der Waals surface area contributed by atoms with Crippen molar-refractivity contribution in [3.8, 4) is 5.75 Å². The van der Waals surface area contributed by atoms with Gasteiger partial charge in [0.05, 0.1) is 15.6 Å². The quantitative estimate of drug-likeness (QED) is 0.745. The van der Waals surface area contributed by atoms with E-state index in [2.05, 4.69) is 20.7 Å². The standard InChI is InChI=1S/C11H5BrF4O3.C2H6/c12-6-1-2-7(13)4-3-5(10(17)18)9(11(14,15)16)19-8(4)6;1-2/h1-3,9H,(H,17,18);1-2H3. The molecule has 1 heterocycles.